The van der Waals surface area contributed by atoms with E-state index in [0.717, 1.165) is 32.8 Å². The van der Waals surface area contributed by atoms with Crippen molar-refractivity contribution in [3.8, 4) is 17.1 Å². The lowest BCUT2D eigenvalue weighted by molar-refractivity contribution is -0.131. The predicted molar refractivity (Wildman–Crippen MR) is 112 cm³/mol. The number of benzene rings is 2. The highest BCUT2D eigenvalue weighted by molar-refractivity contribution is 6.04. The first-order chi connectivity index (χ1) is 15.0. The molecule has 1 unspecified atom stereocenters. The van der Waals surface area contributed by atoms with Crippen molar-refractivity contribution in [3.63, 3.8) is 0 Å². The van der Waals surface area contributed by atoms with Gasteiger partial charge in [0.05, 0.1) is 12.6 Å². The number of nitrogens with zero attached hydrogens (tertiary/aromatic N) is 2. The first-order valence-electron chi connectivity index (χ1n) is 10.1. The Kier molecular flexibility index (Phi) is 4.62. The minimum Gasteiger partial charge on any atom is -0.493 e. The lowest BCUT2D eigenvalue weighted by atomic mass is 9.97. The Morgan fingerprint density at radius 3 is 2.77 bits per heavy atom. The molecule has 5 rings (SSSR count). The van der Waals surface area contributed by atoms with Gasteiger partial charge in [-0.2, -0.15) is 0 Å². The van der Waals surface area contributed by atoms with E-state index in [-0.39, 0.29) is 30.9 Å². The van der Waals surface area contributed by atoms with Crippen LogP contribution in [0.25, 0.3) is 22.3 Å². The molecule has 2 aliphatic heterocycles. The number of amides is 4. The molecule has 1 saturated heterocycles. The molecule has 31 heavy (non-hydrogen) atoms. The number of imide groups is 1. The number of nitrogens with one attached hydrogen (secondary N) is 1. The average molecular weight is 419 g/mol. The Hall–Kier alpha value is -3.81. The second-order valence-corrected chi connectivity index (χ2v) is 7.78. The molecule has 1 N–H and O–H groups in total. The predicted octanol–water partition coefficient (Wildman–Crippen LogP) is 2.93. The van der Waals surface area contributed by atoms with Crippen LogP contribution in [0.5, 0.6) is 5.75 Å². The maximum absolute atomic E-state index is 12.6. The van der Waals surface area contributed by atoms with Crippen LogP contribution in [0.15, 0.2) is 52.9 Å². The normalized spacial score (nSPS) is 18.3. The van der Waals surface area contributed by atoms with E-state index in [1.54, 1.807) is 0 Å². The molecule has 0 radical (unpaired) electrons. The molecule has 0 spiro atoms. The Balaban J connectivity index is 1.37. The molecule has 3 aromatic rings. The molecule has 0 saturated carbocycles. The van der Waals surface area contributed by atoms with Crippen LogP contribution in [-0.2, 0) is 9.59 Å². The number of urea groups is 1. The number of hydrogen-bond donors (Lipinski definition) is 1. The van der Waals surface area contributed by atoms with Crippen molar-refractivity contribution in [1.82, 2.24) is 15.1 Å². The fourth-order valence-corrected chi connectivity index (χ4v) is 4.03. The van der Waals surface area contributed by atoms with Gasteiger partial charge in [-0.15, -0.1) is 0 Å². The highest BCUT2D eigenvalue weighted by Gasteiger charge is 2.35. The summed E-state index contributed by atoms with van der Waals surface area (Å²) >= 11 is 0. The lowest BCUT2D eigenvalue weighted by Gasteiger charge is -2.27. The van der Waals surface area contributed by atoms with E-state index < -0.39 is 6.03 Å². The molecule has 1 aromatic heterocycles. The maximum Gasteiger partial charge on any atom is 0.327 e. The number of carbonyl (C=O) groups excluding carboxylic acids is 3. The van der Waals surface area contributed by atoms with Crippen molar-refractivity contribution in [3.05, 3.63) is 54.1 Å². The number of furan rings is 1. The molecular formula is C23H21N3O5. The van der Waals surface area contributed by atoms with Crippen LogP contribution in [-0.4, -0.2) is 54.4 Å². The van der Waals surface area contributed by atoms with Gasteiger partial charge in [0.1, 0.15) is 30.2 Å². The number of fused-ring (bicyclic) bond motifs is 2. The van der Waals surface area contributed by atoms with Gasteiger partial charge in [-0.25, -0.2) is 4.79 Å². The topological polar surface area (TPSA) is 92.1 Å². The highest BCUT2D eigenvalue weighted by atomic mass is 16.5. The van der Waals surface area contributed by atoms with E-state index >= 15 is 0 Å². The zero-order chi connectivity index (χ0) is 21.5. The fourth-order valence-electron chi connectivity index (χ4n) is 4.03. The van der Waals surface area contributed by atoms with Crippen LogP contribution >= 0.6 is 0 Å². The number of hydrogen-bond acceptors (Lipinski definition) is 5. The monoisotopic (exact) mass is 419 g/mol. The number of ether oxygens (including phenoxy) is 1. The number of likely N-dealkylation sites (N-methyl/N-ethyl adjacent to an activating group) is 1. The zero-order valence-electron chi connectivity index (χ0n) is 17.0. The van der Waals surface area contributed by atoms with Crippen molar-refractivity contribution < 1.29 is 23.5 Å². The first-order valence-corrected chi connectivity index (χ1v) is 10.1. The summed E-state index contributed by atoms with van der Waals surface area (Å²) in [5.74, 6) is 0.673. The lowest BCUT2D eigenvalue weighted by Crippen LogP contribution is -2.42. The van der Waals surface area contributed by atoms with E-state index in [1.165, 1.54) is 11.9 Å². The van der Waals surface area contributed by atoms with Crippen molar-refractivity contribution in [2.24, 2.45) is 0 Å². The fraction of sp³-hybridized carbons (Fsp3) is 0.261. The summed E-state index contributed by atoms with van der Waals surface area (Å²) in [5, 5.41) is 3.96. The van der Waals surface area contributed by atoms with Gasteiger partial charge >= 0.3 is 6.03 Å². The number of carbonyl (C=O) groups is 3. The second-order valence-electron chi connectivity index (χ2n) is 7.78. The molecule has 0 aliphatic carbocycles. The standard InChI is InChI=1S/C23H21N3O5/c1-25-13-22(28)26(23(25)29)12-21(27)24-17-8-9-30-19-7-6-15(10-16(17)19)20-11-14-4-2-3-5-18(14)31-20/h2-7,10-11,17H,8-9,12-13H2,1H3,(H,24,27). The Bertz CT molecular complexity index is 1170. The minimum absolute atomic E-state index is 0.00687. The van der Waals surface area contributed by atoms with Gasteiger partial charge in [0.25, 0.3) is 5.91 Å². The quantitative estimate of drug-likeness (QED) is 0.657. The van der Waals surface area contributed by atoms with Crippen molar-refractivity contribution in [2.75, 3.05) is 26.7 Å². The average Bonchev–Trinajstić information content (AvgIpc) is 3.30. The van der Waals surface area contributed by atoms with Crippen LogP contribution in [0.1, 0.15) is 18.0 Å². The molecule has 8 nitrogen and oxygen atoms in total. The highest BCUT2D eigenvalue weighted by Crippen LogP contribution is 2.37. The van der Waals surface area contributed by atoms with Crippen molar-refractivity contribution in [1.29, 1.82) is 0 Å². The molecule has 1 atom stereocenters. The largest absolute Gasteiger partial charge is 0.493 e. The maximum atomic E-state index is 12.6. The summed E-state index contributed by atoms with van der Waals surface area (Å²) in [6.45, 7) is 0.164. The van der Waals surface area contributed by atoms with Crippen LogP contribution < -0.4 is 10.1 Å². The molecule has 2 aliphatic rings. The molecule has 4 amide bonds. The van der Waals surface area contributed by atoms with Gasteiger partial charge in [-0.3, -0.25) is 14.5 Å². The third-order valence-electron chi connectivity index (χ3n) is 5.63. The van der Waals surface area contributed by atoms with Gasteiger partial charge < -0.3 is 19.4 Å². The van der Waals surface area contributed by atoms with Gasteiger partial charge in [-0.1, -0.05) is 18.2 Å². The van der Waals surface area contributed by atoms with Gasteiger partial charge in [-0.05, 0) is 30.3 Å². The van der Waals surface area contributed by atoms with E-state index in [0.29, 0.717) is 18.8 Å². The summed E-state index contributed by atoms with van der Waals surface area (Å²) in [5.41, 5.74) is 2.53. The van der Waals surface area contributed by atoms with Crippen LogP contribution in [0.3, 0.4) is 0 Å². The van der Waals surface area contributed by atoms with E-state index in [2.05, 4.69) is 5.32 Å². The number of para-hydroxylation sites is 1. The third-order valence-corrected chi connectivity index (χ3v) is 5.63. The zero-order valence-corrected chi connectivity index (χ0v) is 17.0. The smallest absolute Gasteiger partial charge is 0.327 e. The summed E-state index contributed by atoms with van der Waals surface area (Å²) in [6.07, 6.45) is 0.587. The summed E-state index contributed by atoms with van der Waals surface area (Å²) < 4.78 is 11.7. The Morgan fingerprint density at radius 1 is 1.16 bits per heavy atom. The van der Waals surface area contributed by atoms with Gasteiger partial charge in [0.15, 0.2) is 0 Å². The second kappa shape index (κ2) is 7.46. The number of rotatable bonds is 4. The van der Waals surface area contributed by atoms with Crippen molar-refractivity contribution >= 4 is 28.8 Å². The summed E-state index contributed by atoms with van der Waals surface area (Å²) in [7, 11) is 1.53. The molecule has 8 heteroatoms. The molecule has 0 bridgehead atoms. The van der Waals surface area contributed by atoms with E-state index in [9.17, 15) is 14.4 Å². The SMILES string of the molecule is CN1CC(=O)N(CC(=O)NC2CCOc3ccc(-c4cc5ccccc5o4)cc32)C1=O. The molecular weight excluding hydrogens is 398 g/mol. The van der Waals surface area contributed by atoms with Gasteiger partial charge in [0, 0.05) is 30.0 Å². The Labute approximate surface area is 178 Å². The Morgan fingerprint density at radius 2 is 2.00 bits per heavy atom. The third kappa shape index (κ3) is 3.50. The summed E-state index contributed by atoms with van der Waals surface area (Å²) in [4.78, 5) is 38.9. The minimum atomic E-state index is -0.459. The molecule has 158 valence electrons. The van der Waals surface area contributed by atoms with Crippen LogP contribution in [0, 0.1) is 0 Å². The van der Waals surface area contributed by atoms with Crippen LogP contribution in [0.2, 0.25) is 0 Å². The van der Waals surface area contributed by atoms with E-state index in [4.69, 9.17) is 9.15 Å². The summed E-state index contributed by atoms with van der Waals surface area (Å²) in [6, 6.07) is 14.8. The molecule has 2 aromatic carbocycles. The van der Waals surface area contributed by atoms with Crippen molar-refractivity contribution in [2.45, 2.75) is 12.5 Å². The van der Waals surface area contributed by atoms with E-state index in [1.807, 2.05) is 48.5 Å². The van der Waals surface area contributed by atoms with Gasteiger partial charge in [0.2, 0.25) is 5.91 Å². The van der Waals surface area contributed by atoms with Crippen LogP contribution in [0.4, 0.5) is 4.79 Å². The molecule has 1 fully saturated rings. The molecule has 3 heterocycles. The first kappa shape index (κ1) is 19.2.